The lowest BCUT2D eigenvalue weighted by atomic mass is 10.1. The number of nitrogens with zero attached hydrogens (tertiary/aromatic N) is 1. The van der Waals surface area contributed by atoms with Gasteiger partial charge in [-0.3, -0.25) is 4.79 Å². The molecule has 0 radical (unpaired) electrons. The maximum atomic E-state index is 13.5. The zero-order chi connectivity index (χ0) is 12.5. The van der Waals surface area contributed by atoms with Gasteiger partial charge in [-0.2, -0.15) is 0 Å². The fourth-order valence-corrected chi connectivity index (χ4v) is 1.19. The lowest BCUT2D eigenvalue weighted by molar-refractivity contribution is 0.0750. The molecule has 0 aliphatic carbocycles. The molecule has 2 N–H and O–H groups in total. The molecular formula is C11H14F2N2O. The van der Waals surface area contributed by atoms with Gasteiger partial charge in [0.25, 0.3) is 5.91 Å². The molecule has 0 atom stereocenters. The van der Waals surface area contributed by atoms with Crippen molar-refractivity contribution in [3.8, 4) is 0 Å². The summed E-state index contributed by atoms with van der Waals surface area (Å²) in [5, 5.41) is 0. The summed E-state index contributed by atoms with van der Waals surface area (Å²) in [4.78, 5) is 13.1. The minimum Gasteiger partial charge on any atom is -0.396 e. The highest BCUT2D eigenvalue weighted by molar-refractivity contribution is 5.95. The van der Waals surface area contributed by atoms with Crippen molar-refractivity contribution in [3.05, 3.63) is 29.3 Å². The molecular weight excluding hydrogens is 214 g/mol. The number of carbonyl (C=O) groups excluding carboxylic acids is 1. The monoisotopic (exact) mass is 228 g/mol. The van der Waals surface area contributed by atoms with Crippen molar-refractivity contribution in [3.63, 3.8) is 0 Å². The normalized spacial score (nSPS) is 10.6. The van der Waals surface area contributed by atoms with E-state index in [1.54, 1.807) is 13.8 Å². The fourth-order valence-electron chi connectivity index (χ4n) is 1.19. The second-order valence-corrected chi connectivity index (χ2v) is 3.87. The lowest BCUT2D eigenvalue weighted by Gasteiger charge is -2.21. The van der Waals surface area contributed by atoms with Crippen LogP contribution in [0, 0.1) is 11.6 Å². The van der Waals surface area contributed by atoms with Crippen molar-refractivity contribution >= 4 is 11.6 Å². The Bertz CT molecular complexity index is 419. The molecule has 0 aliphatic heterocycles. The second kappa shape index (κ2) is 4.47. The summed E-state index contributed by atoms with van der Waals surface area (Å²) in [6.45, 7) is 3.55. The summed E-state index contributed by atoms with van der Waals surface area (Å²) in [5.41, 5.74) is 4.55. The first-order valence-corrected chi connectivity index (χ1v) is 4.86. The number of benzene rings is 1. The SMILES string of the molecule is CC(C)N(C)C(=O)c1cc(F)cc(N)c1F. The van der Waals surface area contributed by atoms with Crippen LogP contribution >= 0.6 is 0 Å². The largest absolute Gasteiger partial charge is 0.396 e. The first-order chi connectivity index (χ1) is 7.34. The number of carbonyl (C=O) groups is 1. The van der Waals surface area contributed by atoms with Crippen LogP contribution in [0.3, 0.4) is 0 Å². The molecule has 0 spiro atoms. The van der Waals surface area contributed by atoms with Gasteiger partial charge in [0.2, 0.25) is 0 Å². The molecule has 0 fully saturated rings. The van der Waals surface area contributed by atoms with Gasteiger partial charge in [-0.05, 0) is 26.0 Å². The van der Waals surface area contributed by atoms with Crippen molar-refractivity contribution < 1.29 is 13.6 Å². The Balaban J connectivity index is 3.18. The van der Waals surface area contributed by atoms with Crippen molar-refractivity contribution in [2.75, 3.05) is 12.8 Å². The van der Waals surface area contributed by atoms with Crippen molar-refractivity contribution in [2.24, 2.45) is 0 Å². The Hall–Kier alpha value is -1.65. The number of hydrogen-bond donors (Lipinski definition) is 1. The summed E-state index contributed by atoms with van der Waals surface area (Å²) in [6, 6.07) is 1.60. The van der Waals surface area contributed by atoms with Crippen LogP contribution in [-0.4, -0.2) is 23.9 Å². The van der Waals surface area contributed by atoms with Gasteiger partial charge in [0.1, 0.15) is 5.82 Å². The third-order valence-corrected chi connectivity index (χ3v) is 2.39. The molecule has 1 rings (SSSR count). The van der Waals surface area contributed by atoms with Gasteiger partial charge in [0.05, 0.1) is 11.3 Å². The Kier molecular flexibility index (Phi) is 3.47. The van der Waals surface area contributed by atoms with Gasteiger partial charge < -0.3 is 10.6 Å². The fraction of sp³-hybridized carbons (Fsp3) is 0.364. The summed E-state index contributed by atoms with van der Waals surface area (Å²) in [5.74, 6) is -2.18. The molecule has 0 saturated heterocycles. The molecule has 0 unspecified atom stereocenters. The van der Waals surface area contributed by atoms with Gasteiger partial charge in [0.15, 0.2) is 5.82 Å². The number of nitrogen functional groups attached to an aromatic ring is 1. The molecule has 88 valence electrons. The van der Waals surface area contributed by atoms with Crippen LogP contribution < -0.4 is 5.73 Å². The third kappa shape index (κ3) is 2.29. The second-order valence-electron chi connectivity index (χ2n) is 3.87. The van der Waals surface area contributed by atoms with E-state index < -0.39 is 17.5 Å². The Morgan fingerprint density at radius 1 is 1.38 bits per heavy atom. The Morgan fingerprint density at radius 3 is 2.44 bits per heavy atom. The van der Waals surface area contributed by atoms with Crippen LogP contribution in [-0.2, 0) is 0 Å². The third-order valence-electron chi connectivity index (χ3n) is 2.39. The number of halogens is 2. The molecule has 0 saturated carbocycles. The molecule has 3 nitrogen and oxygen atoms in total. The van der Waals surface area contributed by atoms with E-state index in [0.717, 1.165) is 12.1 Å². The van der Waals surface area contributed by atoms with Gasteiger partial charge in [-0.15, -0.1) is 0 Å². The van der Waals surface area contributed by atoms with E-state index in [9.17, 15) is 13.6 Å². The predicted octanol–water partition coefficient (Wildman–Crippen LogP) is 2.03. The number of anilines is 1. The van der Waals surface area contributed by atoms with Gasteiger partial charge in [-0.25, -0.2) is 8.78 Å². The number of amides is 1. The van der Waals surface area contributed by atoms with Gasteiger partial charge in [0, 0.05) is 13.1 Å². The van der Waals surface area contributed by atoms with E-state index in [-0.39, 0.29) is 17.3 Å². The van der Waals surface area contributed by atoms with Crippen LogP contribution in [0.25, 0.3) is 0 Å². The quantitative estimate of drug-likeness (QED) is 0.787. The number of hydrogen-bond acceptors (Lipinski definition) is 2. The van der Waals surface area contributed by atoms with E-state index in [1.165, 1.54) is 11.9 Å². The molecule has 16 heavy (non-hydrogen) atoms. The van der Waals surface area contributed by atoms with Crippen LogP contribution in [0.4, 0.5) is 14.5 Å². The predicted molar refractivity (Wildman–Crippen MR) is 58.0 cm³/mol. The van der Waals surface area contributed by atoms with E-state index in [0.29, 0.717) is 0 Å². The maximum Gasteiger partial charge on any atom is 0.256 e. The van der Waals surface area contributed by atoms with Crippen molar-refractivity contribution in [1.29, 1.82) is 0 Å². The average molecular weight is 228 g/mol. The summed E-state index contributed by atoms with van der Waals surface area (Å²) < 4.78 is 26.5. The summed E-state index contributed by atoms with van der Waals surface area (Å²) in [7, 11) is 1.52. The zero-order valence-electron chi connectivity index (χ0n) is 9.42. The molecule has 0 aromatic heterocycles. The first-order valence-electron chi connectivity index (χ1n) is 4.86. The average Bonchev–Trinajstić information content (AvgIpc) is 2.21. The van der Waals surface area contributed by atoms with Crippen molar-refractivity contribution in [1.82, 2.24) is 4.90 Å². The highest BCUT2D eigenvalue weighted by atomic mass is 19.1. The topological polar surface area (TPSA) is 46.3 Å². The van der Waals surface area contributed by atoms with E-state index in [4.69, 9.17) is 5.73 Å². The lowest BCUT2D eigenvalue weighted by Crippen LogP contribution is -2.33. The van der Waals surface area contributed by atoms with Crippen LogP contribution in [0.15, 0.2) is 12.1 Å². The number of nitrogens with two attached hydrogens (primary N) is 1. The minimum atomic E-state index is -0.876. The van der Waals surface area contributed by atoms with Gasteiger partial charge >= 0.3 is 0 Å². The molecule has 0 bridgehead atoms. The number of rotatable bonds is 2. The summed E-state index contributed by atoms with van der Waals surface area (Å²) in [6.07, 6.45) is 0. The van der Waals surface area contributed by atoms with Gasteiger partial charge in [-0.1, -0.05) is 0 Å². The minimum absolute atomic E-state index is 0.101. The smallest absolute Gasteiger partial charge is 0.256 e. The first kappa shape index (κ1) is 12.4. The van der Waals surface area contributed by atoms with Crippen LogP contribution in [0.1, 0.15) is 24.2 Å². The molecule has 5 heteroatoms. The van der Waals surface area contributed by atoms with Crippen LogP contribution in [0.5, 0.6) is 0 Å². The van der Waals surface area contributed by atoms with Crippen molar-refractivity contribution in [2.45, 2.75) is 19.9 Å². The molecule has 1 aromatic rings. The molecule has 1 amide bonds. The zero-order valence-corrected chi connectivity index (χ0v) is 9.42. The maximum absolute atomic E-state index is 13.5. The highest BCUT2D eigenvalue weighted by Crippen LogP contribution is 2.19. The standard InChI is InChI=1S/C11H14F2N2O/c1-6(2)15(3)11(16)8-4-7(12)5-9(14)10(8)13/h4-6H,14H2,1-3H3. The summed E-state index contributed by atoms with van der Waals surface area (Å²) >= 11 is 0. The highest BCUT2D eigenvalue weighted by Gasteiger charge is 2.20. The Morgan fingerprint density at radius 2 is 1.94 bits per heavy atom. The molecule has 0 aliphatic rings. The molecule has 1 aromatic carbocycles. The van der Waals surface area contributed by atoms with E-state index >= 15 is 0 Å². The van der Waals surface area contributed by atoms with E-state index in [2.05, 4.69) is 0 Å². The molecule has 0 heterocycles. The van der Waals surface area contributed by atoms with E-state index in [1.807, 2.05) is 0 Å². The Labute approximate surface area is 92.8 Å². The van der Waals surface area contributed by atoms with Crippen LogP contribution in [0.2, 0.25) is 0 Å².